The second kappa shape index (κ2) is 12.1. The van der Waals surface area contributed by atoms with E-state index in [4.69, 9.17) is 18.9 Å². The van der Waals surface area contributed by atoms with Crippen molar-refractivity contribution in [2.45, 2.75) is 96.4 Å². The zero-order valence-electron chi connectivity index (χ0n) is 26.9. The minimum atomic E-state index is -0.541. The van der Waals surface area contributed by atoms with Gasteiger partial charge in [-0.05, 0) is 51.3 Å². The van der Waals surface area contributed by atoms with E-state index < -0.39 is 18.1 Å². The predicted molar refractivity (Wildman–Crippen MR) is 165 cm³/mol. The largest absolute Gasteiger partial charge is 0.504 e. The topological polar surface area (TPSA) is 134 Å². The lowest BCUT2D eigenvalue weighted by Crippen LogP contribution is -2.68. The maximum Gasteiger partial charge on any atom is 0.308 e. The normalized spacial score (nSPS) is 24.6. The van der Waals surface area contributed by atoms with Crippen LogP contribution in [-0.4, -0.2) is 72.4 Å². The average molecular weight is 619 g/mol. The van der Waals surface area contributed by atoms with E-state index >= 15 is 0 Å². The third-order valence-corrected chi connectivity index (χ3v) is 10.0. The molecule has 240 valence electrons. The standard InChI is InChI=1S/C34H42N4O7/c1-7-8-9-10-26(40)36-15-25-28-21(32(45-19(4)39)18(3)33-34(28)44-16-43-33)13-23-29-27-20(11-17(2)31(42-6)30(27)41)12-22(37(29)5)24(14-35)38(23)25/h11,22-25,29,41H,7-10,12-13,15-16H2,1-6H3,(H,36,40)/t22?,23-,24-,25-,29+/m0/s1. The molecule has 4 aliphatic rings. The molecule has 0 saturated carbocycles. The molecule has 0 aromatic heterocycles. The van der Waals surface area contributed by atoms with E-state index in [2.05, 4.69) is 34.2 Å². The number of amides is 1. The van der Waals surface area contributed by atoms with Crippen molar-refractivity contribution >= 4 is 11.9 Å². The van der Waals surface area contributed by atoms with Gasteiger partial charge in [0.05, 0.1) is 25.3 Å². The molecule has 1 fully saturated rings. The monoisotopic (exact) mass is 618 g/mol. The van der Waals surface area contributed by atoms with Crippen molar-refractivity contribution in [2.75, 3.05) is 27.5 Å². The number of aryl methyl sites for hydroxylation is 1. The summed E-state index contributed by atoms with van der Waals surface area (Å²) in [6.45, 7) is 7.47. The fraction of sp³-hybridized carbons (Fsp3) is 0.559. The smallest absolute Gasteiger partial charge is 0.308 e. The minimum Gasteiger partial charge on any atom is -0.504 e. The predicted octanol–water partition coefficient (Wildman–Crippen LogP) is 4.14. The highest BCUT2D eigenvalue weighted by Crippen LogP contribution is 2.58. The van der Waals surface area contributed by atoms with Crippen molar-refractivity contribution in [2.24, 2.45) is 0 Å². The number of phenols is 1. The van der Waals surface area contributed by atoms with Gasteiger partial charge in [0, 0.05) is 54.2 Å². The summed E-state index contributed by atoms with van der Waals surface area (Å²) >= 11 is 0. The third-order valence-electron chi connectivity index (χ3n) is 10.0. The van der Waals surface area contributed by atoms with Gasteiger partial charge in [0.25, 0.3) is 0 Å². The Morgan fingerprint density at radius 3 is 2.58 bits per heavy atom. The first-order valence-corrected chi connectivity index (χ1v) is 15.8. The van der Waals surface area contributed by atoms with Gasteiger partial charge in [0.15, 0.2) is 23.0 Å². The van der Waals surface area contributed by atoms with E-state index in [1.165, 1.54) is 6.92 Å². The molecule has 5 atom stereocenters. The Morgan fingerprint density at radius 1 is 1.13 bits per heavy atom. The van der Waals surface area contributed by atoms with Crippen molar-refractivity contribution in [3.63, 3.8) is 0 Å². The Morgan fingerprint density at radius 2 is 1.89 bits per heavy atom. The first kappa shape index (κ1) is 31.0. The summed E-state index contributed by atoms with van der Waals surface area (Å²) in [5, 5.41) is 25.6. The van der Waals surface area contributed by atoms with Crippen LogP contribution < -0.4 is 24.3 Å². The molecular formula is C34H42N4O7. The molecule has 11 heteroatoms. The average Bonchev–Trinajstić information content (AvgIpc) is 3.49. The van der Waals surface area contributed by atoms with Crippen LogP contribution in [0.3, 0.4) is 0 Å². The van der Waals surface area contributed by atoms with Gasteiger partial charge in [-0.2, -0.15) is 5.26 Å². The molecule has 0 aliphatic carbocycles. The number of nitriles is 1. The fourth-order valence-corrected chi connectivity index (χ4v) is 8.15. The maximum absolute atomic E-state index is 13.1. The Labute approximate surface area is 264 Å². The van der Waals surface area contributed by atoms with Gasteiger partial charge in [-0.1, -0.05) is 25.8 Å². The first-order valence-electron chi connectivity index (χ1n) is 15.8. The summed E-state index contributed by atoms with van der Waals surface area (Å²) in [5.41, 5.74) is 4.82. The second-order valence-corrected chi connectivity index (χ2v) is 12.6. The molecule has 45 heavy (non-hydrogen) atoms. The lowest BCUT2D eigenvalue weighted by atomic mass is 9.71. The first-order chi connectivity index (χ1) is 21.6. The molecule has 2 bridgehead atoms. The number of esters is 1. The van der Waals surface area contributed by atoms with E-state index in [-0.39, 0.29) is 43.1 Å². The number of nitrogens with one attached hydrogen (secondary N) is 1. The molecule has 2 aromatic carbocycles. The highest BCUT2D eigenvalue weighted by molar-refractivity contribution is 5.76. The van der Waals surface area contributed by atoms with E-state index in [9.17, 15) is 20.0 Å². The number of rotatable bonds is 8. The van der Waals surface area contributed by atoms with Crippen molar-refractivity contribution in [1.82, 2.24) is 15.1 Å². The minimum absolute atomic E-state index is 0.0156. The number of carbonyl (C=O) groups excluding carboxylic acids is 2. The summed E-state index contributed by atoms with van der Waals surface area (Å²) in [6.07, 6.45) is 4.16. The highest BCUT2D eigenvalue weighted by atomic mass is 16.7. The van der Waals surface area contributed by atoms with Gasteiger partial charge < -0.3 is 29.4 Å². The van der Waals surface area contributed by atoms with E-state index in [0.717, 1.165) is 47.1 Å². The van der Waals surface area contributed by atoms with Crippen molar-refractivity contribution in [1.29, 1.82) is 5.26 Å². The van der Waals surface area contributed by atoms with Crippen LogP contribution in [0.4, 0.5) is 0 Å². The summed E-state index contributed by atoms with van der Waals surface area (Å²) in [7, 11) is 3.55. The number of phenolic OH excluding ortho intramolecular Hbond substituents is 1. The van der Waals surface area contributed by atoms with Crippen molar-refractivity contribution in [3.05, 3.63) is 39.4 Å². The van der Waals surface area contributed by atoms with E-state index in [1.54, 1.807) is 7.11 Å². The zero-order chi connectivity index (χ0) is 32.2. The number of hydrogen-bond acceptors (Lipinski definition) is 10. The molecular weight excluding hydrogens is 576 g/mol. The van der Waals surface area contributed by atoms with Crippen LogP contribution in [0.15, 0.2) is 6.07 Å². The molecule has 1 amide bonds. The van der Waals surface area contributed by atoms with Crippen LogP contribution in [0.2, 0.25) is 0 Å². The molecule has 1 unspecified atom stereocenters. The number of piperazine rings is 1. The number of methoxy groups -OCH3 is 1. The van der Waals surface area contributed by atoms with Gasteiger partial charge >= 0.3 is 5.97 Å². The number of nitrogens with zero attached hydrogens (tertiary/aromatic N) is 3. The van der Waals surface area contributed by atoms with Crippen LogP contribution in [-0.2, 0) is 22.4 Å². The van der Waals surface area contributed by atoms with Gasteiger partial charge in [0.2, 0.25) is 12.7 Å². The fourth-order valence-electron chi connectivity index (χ4n) is 8.15. The van der Waals surface area contributed by atoms with E-state index in [1.807, 2.05) is 20.9 Å². The molecule has 2 aromatic rings. The number of ether oxygens (including phenoxy) is 4. The van der Waals surface area contributed by atoms with E-state index in [0.29, 0.717) is 47.8 Å². The summed E-state index contributed by atoms with van der Waals surface area (Å²) in [6, 6.07) is 2.83. The van der Waals surface area contributed by atoms with Gasteiger partial charge in [0.1, 0.15) is 11.8 Å². The van der Waals surface area contributed by atoms with Crippen LogP contribution in [0.25, 0.3) is 0 Å². The molecule has 2 N–H and O–H groups in total. The Bertz CT molecular complexity index is 1580. The number of likely N-dealkylation sites (N-methyl/N-ethyl adjacent to an activating group) is 1. The highest BCUT2D eigenvalue weighted by Gasteiger charge is 2.56. The Balaban J connectivity index is 1.55. The van der Waals surface area contributed by atoms with Crippen LogP contribution in [0.1, 0.15) is 85.0 Å². The Kier molecular flexibility index (Phi) is 8.31. The summed E-state index contributed by atoms with van der Waals surface area (Å²) < 4.78 is 23.5. The molecule has 0 radical (unpaired) electrons. The molecule has 4 aliphatic heterocycles. The van der Waals surface area contributed by atoms with Gasteiger partial charge in [-0.25, -0.2) is 0 Å². The number of benzene rings is 2. The second-order valence-electron chi connectivity index (χ2n) is 12.6. The zero-order valence-corrected chi connectivity index (χ0v) is 26.9. The Hall–Kier alpha value is -4.01. The third kappa shape index (κ3) is 4.95. The van der Waals surface area contributed by atoms with Gasteiger partial charge in [-0.3, -0.25) is 19.4 Å². The van der Waals surface area contributed by atoms with Crippen LogP contribution in [0, 0.1) is 25.2 Å². The molecule has 6 rings (SSSR count). The maximum atomic E-state index is 13.1. The molecule has 0 spiro atoms. The van der Waals surface area contributed by atoms with Gasteiger partial charge in [-0.15, -0.1) is 0 Å². The summed E-state index contributed by atoms with van der Waals surface area (Å²) in [4.78, 5) is 29.9. The molecule has 1 saturated heterocycles. The SMILES string of the molecule is CCCCCC(=O)NC[C@H]1c2c(c(OC(C)=O)c(C)c3c2OCO3)C[C@H]2[C@@H]3c4c(cc(C)c(OC)c4O)CC([C@H](C#N)N12)N3C. The molecule has 4 heterocycles. The van der Waals surface area contributed by atoms with Crippen molar-refractivity contribution in [3.8, 4) is 34.8 Å². The van der Waals surface area contributed by atoms with Crippen molar-refractivity contribution < 1.29 is 33.6 Å². The van der Waals surface area contributed by atoms with Crippen LogP contribution >= 0.6 is 0 Å². The number of carbonyl (C=O) groups is 2. The number of fused-ring (bicyclic) bond motifs is 9. The van der Waals surface area contributed by atoms with Crippen LogP contribution in [0.5, 0.6) is 28.7 Å². The lowest BCUT2D eigenvalue weighted by Gasteiger charge is -2.60. The summed E-state index contributed by atoms with van der Waals surface area (Å²) in [5.74, 6) is 1.50. The lowest BCUT2D eigenvalue weighted by molar-refractivity contribution is -0.132. The number of unbranched alkanes of at least 4 members (excludes halogenated alkanes) is 2. The number of hydrogen-bond donors (Lipinski definition) is 2. The quantitative estimate of drug-likeness (QED) is 0.253. The number of aromatic hydroxyl groups is 1. The molecule has 11 nitrogen and oxygen atoms in total.